The first kappa shape index (κ1) is 21.7. The van der Waals surface area contributed by atoms with Crippen LogP contribution >= 0.6 is 0 Å². The predicted octanol–water partition coefficient (Wildman–Crippen LogP) is 1.17. The molecule has 5 heterocycles. The van der Waals surface area contributed by atoms with E-state index in [1.54, 1.807) is 12.4 Å². The Hall–Kier alpha value is -3.82. The average Bonchev–Trinajstić information content (AvgIpc) is 3.54. The molecule has 0 spiro atoms. The van der Waals surface area contributed by atoms with Crippen molar-refractivity contribution < 1.29 is 13.9 Å². The SMILES string of the molecule is N#CC1(c2cnc3c(C(=O)Nc4cncc(F)c4N4CCN(C5COC5)CC4)c(N)nn3c2)CC1. The van der Waals surface area contributed by atoms with Gasteiger partial charge >= 0.3 is 0 Å². The quantitative estimate of drug-likeness (QED) is 0.555. The molecule has 0 unspecified atom stereocenters. The molecule has 1 saturated carbocycles. The van der Waals surface area contributed by atoms with E-state index < -0.39 is 17.1 Å². The molecule has 3 N–H and O–H groups in total. The maximum Gasteiger partial charge on any atom is 0.263 e. The molecule has 0 bridgehead atoms. The lowest BCUT2D eigenvalue weighted by molar-refractivity contribution is -0.0660. The van der Waals surface area contributed by atoms with Crippen molar-refractivity contribution in [3.8, 4) is 6.07 Å². The maximum atomic E-state index is 14.9. The number of aromatic nitrogens is 4. The van der Waals surface area contributed by atoms with E-state index in [4.69, 9.17) is 10.5 Å². The van der Waals surface area contributed by atoms with Crippen LogP contribution in [0.15, 0.2) is 24.8 Å². The number of fused-ring (bicyclic) bond motifs is 1. The first-order valence-electron chi connectivity index (χ1n) is 11.6. The average molecular weight is 478 g/mol. The summed E-state index contributed by atoms with van der Waals surface area (Å²) in [5.41, 5.74) is 7.18. The molecule has 11 nitrogen and oxygen atoms in total. The molecule has 0 atom stereocenters. The second-order valence-corrected chi connectivity index (χ2v) is 9.25. The summed E-state index contributed by atoms with van der Waals surface area (Å²) in [4.78, 5) is 25.8. The zero-order chi connectivity index (χ0) is 24.2. The number of nitriles is 1. The molecular weight excluding hydrogens is 453 g/mol. The summed E-state index contributed by atoms with van der Waals surface area (Å²) in [5, 5.41) is 16.5. The molecule has 180 valence electrons. The second-order valence-electron chi connectivity index (χ2n) is 9.25. The van der Waals surface area contributed by atoms with E-state index in [1.165, 1.54) is 10.7 Å². The van der Waals surface area contributed by atoms with Crippen molar-refractivity contribution >= 4 is 28.7 Å². The van der Waals surface area contributed by atoms with E-state index in [-0.39, 0.29) is 22.7 Å². The fraction of sp³-hybridized carbons (Fsp3) is 0.435. The number of nitrogens with one attached hydrogen (secondary N) is 1. The van der Waals surface area contributed by atoms with Gasteiger partial charge in [0, 0.05) is 44.1 Å². The number of carbonyl (C=O) groups excluding carboxylic acids is 1. The summed E-state index contributed by atoms with van der Waals surface area (Å²) in [6.45, 7) is 4.26. The molecule has 1 aliphatic carbocycles. The third-order valence-corrected chi connectivity index (χ3v) is 7.13. The van der Waals surface area contributed by atoms with Gasteiger partial charge in [0.2, 0.25) is 0 Å². The van der Waals surface area contributed by atoms with E-state index in [9.17, 15) is 14.4 Å². The summed E-state index contributed by atoms with van der Waals surface area (Å²) < 4.78 is 21.6. The summed E-state index contributed by atoms with van der Waals surface area (Å²) in [6, 6.07) is 2.74. The van der Waals surface area contributed by atoms with Crippen LogP contribution in [0.5, 0.6) is 0 Å². The summed E-state index contributed by atoms with van der Waals surface area (Å²) >= 11 is 0. The number of amides is 1. The predicted molar refractivity (Wildman–Crippen MR) is 124 cm³/mol. The van der Waals surface area contributed by atoms with Gasteiger partial charge in [0.05, 0.1) is 48.8 Å². The highest BCUT2D eigenvalue weighted by Gasteiger charge is 2.45. The van der Waals surface area contributed by atoms with Crippen LogP contribution in [-0.2, 0) is 10.2 Å². The highest BCUT2D eigenvalue weighted by Crippen LogP contribution is 2.47. The molecule has 1 amide bonds. The largest absolute Gasteiger partial charge is 0.381 e. The van der Waals surface area contributed by atoms with Gasteiger partial charge in [-0.1, -0.05) is 0 Å². The number of hydrogen-bond donors (Lipinski definition) is 2. The van der Waals surface area contributed by atoms with Gasteiger partial charge in [-0.05, 0) is 12.8 Å². The van der Waals surface area contributed by atoms with Crippen LogP contribution in [0.25, 0.3) is 5.65 Å². The summed E-state index contributed by atoms with van der Waals surface area (Å²) in [6.07, 6.45) is 7.38. The van der Waals surface area contributed by atoms with E-state index in [0.717, 1.165) is 50.9 Å². The number of hydrogen-bond acceptors (Lipinski definition) is 9. The minimum Gasteiger partial charge on any atom is -0.381 e. The molecule has 12 heteroatoms. The Labute approximate surface area is 200 Å². The highest BCUT2D eigenvalue weighted by atomic mass is 19.1. The molecule has 2 saturated heterocycles. The Morgan fingerprint density at radius 1 is 1.23 bits per heavy atom. The normalized spacial score (nSPS) is 19.8. The number of nitrogens with zero attached hydrogens (tertiary/aromatic N) is 7. The Morgan fingerprint density at radius 2 is 2.00 bits per heavy atom. The van der Waals surface area contributed by atoms with E-state index in [1.807, 2.05) is 4.90 Å². The van der Waals surface area contributed by atoms with E-state index in [2.05, 4.69) is 31.4 Å². The Balaban J connectivity index is 1.26. The number of nitrogens with two attached hydrogens (primary N) is 1. The van der Waals surface area contributed by atoms with Gasteiger partial charge < -0.3 is 20.7 Å². The number of ether oxygens (including phenoxy) is 1. The third kappa shape index (κ3) is 3.64. The molecule has 3 aliphatic rings. The highest BCUT2D eigenvalue weighted by molar-refractivity contribution is 6.12. The van der Waals surface area contributed by atoms with Crippen LogP contribution in [0.2, 0.25) is 0 Å². The van der Waals surface area contributed by atoms with Crippen LogP contribution in [0.1, 0.15) is 28.8 Å². The van der Waals surface area contributed by atoms with Crippen LogP contribution in [0, 0.1) is 17.1 Å². The first-order chi connectivity index (χ1) is 17.0. The van der Waals surface area contributed by atoms with Crippen molar-refractivity contribution in [1.82, 2.24) is 24.5 Å². The van der Waals surface area contributed by atoms with Crippen molar-refractivity contribution in [2.45, 2.75) is 24.3 Å². The Bertz CT molecular complexity index is 1350. The van der Waals surface area contributed by atoms with Crippen molar-refractivity contribution in [2.75, 3.05) is 55.3 Å². The van der Waals surface area contributed by atoms with Crippen molar-refractivity contribution in [2.24, 2.45) is 0 Å². The molecule has 0 aromatic carbocycles. The molecule has 3 aromatic rings. The molecule has 6 rings (SSSR count). The molecule has 3 aromatic heterocycles. The van der Waals surface area contributed by atoms with Crippen molar-refractivity contribution in [1.29, 1.82) is 5.26 Å². The van der Waals surface area contributed by atoms with Crippen LogP contribution in [0.4, 0.5) is 21.6 Å². The molecule has 3 fully saturated rings. The third-order valence-electron chi connectivity index (χ3n) is 7.13. The topological polar surface area (TPSA) is 138 Å². The van der Waals surface area contributed by atoms with Gasteiger partial charge in [-0.3, -0.25) is 14.7 Å². The van der Waals surface area contributed by atoms with Crippen LogP contribution < -0.4 is 16.0 Å². The zero-order valence-electron chi connectivity index (χ0n) is 18.9. The van der Waals surface area contributed by atoms with Gasteiger partial charge in [0.1, 0.15) is 11.3 Å². The lowest BCUT2D eigenvalue weighted by atomic mass is 10.0. The Kier molecular flexibility index (Phi) is 5.05. The second kappa shape index (κ2) is 8.14. The smallest absolute Gasteiger partial charge is 0.263 e. The fourth-order valence-electron chi connectivity index (χ4n) is 4.78. The fourth-order valence-corrected chi connectivity index (χ4v) is 4.78. The number of anilines is 3. The van der Waals surface area contributed by atoms with Gasteiger partial charge in [-0.2, -0.15) is 5.26 Å². The number of rotatable bonds is 5. The number of nitrogen functional groups attached to an aromatic ring is 1. The van der Waals surface area contributed by atoms with Crippen molar-refractivity contribution in [3.05, 3.63) is 41.7 Å². The van der Waals surface area contributed by atoms with E-state index >= 15 is 0 Å². The lowest BCUT2D eigenvalue weighted by Crippen LogP contribution is -2.56. The standard InChI is InChI=1S/C23H24FN9O2/c24-16-8-27-9-17(19(16)32-5-3-31(4-6-32)15-11-35-12-15)29-22(34)18-20(26)30-33-10-14(7-28-21(18)33)23(13-25)1-2-23/h7-10,15H,1-6,11-12H2,(H2,26,30)(H,29,34). The van der Waals surface area contributed by atoms with Gasteiger partial charge in [0.15, 0.2) is 17.3 Å². The van der Waals surface area contributed by atoms with Gasteiger partial charge in [-0.15, -0.1) is 5.10 Å². The molecule has 35 heavy (non-hydrogen) atoms. The summed E-state index contributed by atoms with van der Waals surface area (Å²) in [7, 11) is 0. The van der Waals surface area contributed by atoms with Gasteiger partial charge in [-0.25, -0.2) is 13.9 Å². The Morgan fingerprint density at radius 3 is 2.66 bits per heavy atom. The minimum atomic E-state index is -0.557. The minimum absolute atomic E-state index is 0.00352. The molecule has 2 aliphatic heterocycles. The number of pyridine rings is 1. The van der Waals surface area contributed by atoms with Gasteiger partial charge in [0.25, 0.3) is 5.91 Å². The molecule has 0 radical (unpaired) electrons. The maximum absolute atomic E-state index is 14.9. The number of halogens is 1. The van der Waals surface area contributed by atoms with Crippen LogP contribution in [-0.4, -0.2) is 75.8 Å². The monoisotopic (exact) mass is 477 g/mol. The number of piperazine rings is 1. The summed E-state index contributed by atoms with van der Waals surface area (Å²) in [5.74, 6) is -1.07. The zero-order valence-corrected chi connectivity index (χ0v) is 18.9. The van der Waals surface area contributed by atoms with Crippen molar-refractivity contribution in [3.63, 3.8) is 0 Å². The lowest BCUT2D eigenvalue weighted by Gasteiger charge is -2.43. The number of carbonyl (C=O) groups is 1. The molecular formula is C23H24FN9O2. The van der Waals surface area contributed by atoms with E-state index in [0.29, 0.717) is 24.8 Å². The van der Waals surface area contributed by atoms with Crippen LogP contribution in [0.3, 0.4) is 0 Å². The first-order valence-corrected chi connectivity index (χ1v) is 11.6.